The van der Waals surface area contributed by atoms with E-state index >= 15 is 0 Å². The monoisotopic (exact) mass is 233 g/mol. The number of aryl methyl sites for hydroxylation is 1. The van der Waals surface area contributed by atoms with Gasteiger partial charge in [-0.05, 0) is 18.9 Å². The molecule has 0 spiro atoms. The average Bonchev–Trinajstić information content (AvgIpc) is 2.86. The zero-order valence-corrected chi connectivity index (χ0v) is 10.1. The Morgan fingerprint density at radius 3 is 2.82 bits per heavy atom. The molecule has 0 aliphatic heterocycles. The number of aromatic nitrogens is 2. The van der Waals surface area contributed by atoms with Crippen molar-refractivity contribution in [2.75, 3.05) is 5.32 Å². The zero-order chi connectivity index (χ0) is 12.4. The maximum Gasteiger partial charge on any atom is 0.292 e. The molecule has 2 aromatic heterocycles. The summed E-state index contributed by atoms with van der Waals surface area (Å²) >= 11 is 0. The molecule has 0 unspecified atom stereocenters. The fraction of sp³-hybridized carbons (Fsp3) is 0.333. The first kappa shape index (κ1) is 11.4. The zero-order valence-electron chi connectivity index (χ0n) is 10.1. The molecule has 17 heavy (non-hydrogen) atoms. The minimum absolute atomic E-state index is 0.283. The predicted molar refractivity (Wildman–Crippen MR) is 64.1 cm³/mol. The van der Waals surface area contributed by atoms with Crippen LogP contribution in [0.2, 0.25) is 0 Å². The maximum absolute atomic E-state index is 11.8. The Labute approximate surface area is 99.2 Å². The number of carbonyl (C=O) groups excluding carboxylic acids is 1. The van der Waals surface area contributed by atoms with Crippen LogP contribution in [0.3, 0.4) is 0 Å². The lowest BCUT2D eigenvalue weighted by Gasteiger charge is -1.99. The number of rotatable bonds is 3. The van der Waals surface area contributed by atoms with Gasteiger partial charge in [0.2, 0.25) is 0 Å². The van der Waals surface area contributed by atoms with Gasteiger partial charge in [-0.2, -0.15) is 5.10 Å². The van der Waals surface area contributed by atoms with E-state index in [1.807, 2.05) is 13.0 Å². The molecule has 0 radical (unpaired) electrons. The van der Waals surface area contributed by atoms with Crippen molar-refractivity contribution in [3.63, 3.8) is 0 Å². The Morgan fingerprint density at radius 1 is 1.53 bits per heavy atom. The van der Waals surface area contributed by atoms with Crippen LogP contribution in [0.1, 0.15) is 41.6 Å². The molecule has 0 bridgehead atoms. The lowest BCUT2D eigenvalue weighted by molar-refractivity contribution is 0.0995. The average molecular weight is 233 g/mol. The van der Waals surface area contributed by atoms with Crippen LogP contribution in [0.25, 0.3) is 0 Å². The van der Waals surface area contributed by atoms with Gasteiger partial charge in [0.1, 0.15) is 0 Å². The number of carbonyl (C=O) groups is 1. The van der Waals surface area contributed by atoms with Crippen LogP contribution in [0.15, 0.2) is 22.8 Å². The number of nitrogens with zero attached hydrogens (tertiary/aromatic N) is 1. The van der Waals surface area contributed by atoms with Crippen LogP contribution in [0.4, 0.5) is 5.82 Å². The highest BCUT2D eigenvalue weighted by atomic mass is 16.3. The Morgan fingerprint density at radius 2 is 2.29 bits per heavy atom. The van der Waals surface area contributed by atoms with Crippen LogP contribution in [-0.2, 0) is 0 Å². The fourth-order valence-corrected chi connectivity index (χ4v) is 1.47. The fourth-order valence-electron chi connectivity index (χ4n) is 1.47. The van der Waals surface area contributed by atoms with Crippen LogP contribution in [-0.4, -0.2) is 16.1 Å². The van der Waals surface area contributed by atoms with Crippen LogP contribution in [0, 0.1) is 6.92 Å². The summed E-state index contributed by atoms with van der Waals surface area (Å²) in [6.07, 6.45) is 1.49. The van der Waals surface area contributed by atoms with Gasteiger partial charge in [-0.25, -0.2) is 0 Å². The van der Waals surface area contributed by atoms with E-state index in [4.69, 9.17) is 4.42 Å². The molecule has 0 aliphatic carbocycles. The highest BCUT2D eigenvalue weighted by Crippen LogP contribution is 2.16. The van der Waals surface area contributed by atoms with Crippen molar-refractivity contribution >= 4 is 11.7 Å². The lowest BCUT2D eigenvalue weighted by atomic mass is 10.1. The van der Waals surface area contributed by atoms with Crippen molar-refractivity contribution < 1.29 is 9.21 Å². The largest absolute Gasteiger partial charge is 0.459 e. The van der Waals surface area contributed by atoms with Crippen LogP contribution >= 0.6 is 0 Å². The van der Waals surface area contributed by atoms with Gasteiger partial charge in [-0.15, -0.1) is 0 Å². The van der Waals surface area contributed by atoms with Gasteiger partial charge in [0.15, 0.2) is 11.6 Å². The molecule has 2 rings (SSSR count). The second-order valence-electron chi connectivity index (χ2n) is 4.25. The summed E-state index contributed by atoms with van der Waals surface area (Å²) in [5.41, 5.74) is 1.79. The third kappa shape index (κ3) is 2.38. The van der Waals surface area contributed by atoms with Gasteiger partial charge in [-0.1, -0.05) is 13.8 Å². The van der Waals surface area contributed by atoms with Gasteiger partial charge < -0.3 is 9.73 Å². The molecule has 0 saturated carbocycles. The molecule has 5 heteroatoms. The summed E-state index contributed by atoms with van der Waals surface area (Å²) in [4.78, 5) is 11.8. The molecule has 90 valence electrons. The summed E-state index contributed by atoms with van der Waals surface area (Å²) in [6.45, 7) is 5.92. The molecule has 0 saturated heterocycles. The Balaban J connectivity index is 2.11. The molecule has 2 heterocycles. The van der Waals surface area contributed by atoms with Crippen molar-refractivity contribution in [3.8, 4) is 0 Å². The first-order valence-electron chi connectivity index (χ1n) is 5.48. The lowest BCUT2D eigenvalue weighted by Crippen LogP contribution is -2.12. The van der Waals surface area contributed by atoms with Gasteiger partial charge in [0.05, 0.1) is 6.26 Å². The van der Waals surface area contributed by atoms with Gasteiger partial charge in [0.25, 0.3) is 5.91 Å². The summed E-state index contributed by atoms with van der Waals surface area (Å²) in [5.74, 6) is 0.890. The number of amides is 1. The minimum Gasteiger partial charge on any atom is -0.459 e. The quantitative estimate of drug-likeness (QED) is 0.856. The Kier molecular flexibility index (Phi) is 2.99. The van der Waals surface area contributed by atoms with Crippen LogP contribution < -0.4 is 5.32 Å². The van der Waals surface area contributed by atoms with E-state index in [1.54, 1.807) is 6.07 Å². The van der Waals surface area contributed by atoms with Gasteiger partial charge in [0, 0.05) is 17.3 Å². The molecular weight excluding hydrogens is 218 g/mol. The first-order chi connectivity index (χ1) is 8.08. The molecule has 2 N–H and O–H groups in total. The summed E-state index contributed by atoms with van der Waals surface area (Å²) in [6, 6.07) is 3.57. The van der Waals surface area contributed by atoms with Crippen LogP contribution in [0.5, 0.6) is 0 Å². The number of H-pyrrole nitrogens is 1. The summed E-state index contributed by atoms with van der Waals surface area (Å²) < 4.78 is 5.10. The Hall–Kier alpha value is -2.04. The molecule has 0 aliphatic rings. The summed E-state index contributed by atoms with van der Waals surface area (Å²) in [7, 11) is 0. The third-order valence-electron chi connectivity index (χ3n) is 2.53. The second kappa shape index (κ2) is 4.45. The molecule has 2 aromatic rings. The van der Waals surface area contributed by atoms with E-state index < -0.39 is 0 Å². The van der Waals surface area contributed by atoms with E-state index in [1.165, 1.54) is 6.26 Å². The number of furan rings is 1. The van der Waals surface area contributed by atoms with E-state index in [0.717, 1.165) is 11.3 Å². The van der Waals surface area contributed by atoms with Gasteiger partial charge in [-0.3, -0.25) is 9.89 Å². The highest BCUT2D eigenvalue weighted by molar-refractivity contribution is 6.02. The molecule has 0 aromatic carbocycles. The number of aromatic amines is 1. The second-order valence-corrected chi connectivity index (χ2v) is 4.25. The molecule has 0 atom stereocenters. The van der Waals surface area contributed by atoms with E-state index in [2.05, 4.69) is 29.4 Å². The van der Waals surface area contributed by atoms with Gasteiger partial charge >= 0.3 is 0 Å². The third-order valence-corrected chi connectivity index (χ3v) is 2.53. The van der Waals surface area contributed by atoms with E-state index in [9.17, 15) is 4.79 Å². The predicted octanol–water partition coefficient (Wildman–Crippen LogP) is 2.69. The number of hydrogen-bond donors (Lipinski definition) is 2. The SMILES string of the molecule is Cc1ccoc1C(=O)Nc1cc(C(C)C)[nH]n1. The van der Waals surface area contributed by atoms with Crippen molar-refractivity contribution in [2.24, 2.45) is 0 Å². The molecular formula is C12H15N3O2. The van der Waals surface area contributed by atoms with E-state index in [0.29, 0.717) is 17.5 Å². The maximum atomic E-state index is 11.8. The van der Waals surface area contributed by atoms with Crippen molar-refractivity contribution in [1.82, 2.24) is 10.2 Å². The number of anilines is 1. The van der Waals surface area contributed by atoms with Crippen molar-refractivity contribution in [2.45, 2.75) is 26.7 Å². The molecule has 0 fully saturated rings. The van der Waals surface area contributed by atoms with Crippen molar-refractivity contribution in [3.05, 3.63) is 35.4 Å². The number of hydrogen-bond acceptors (Lipinski definition) is 3. The van der Waals surface area contributed by atoms with E-state index in [-0.39, 0.29) is 5.91 Å². The minimum atomic E-state index is -0.283. The molecule has 1 amide bonds. The standard InChI is InChI=1S/C12H15N3O2/c1-7(2)9-6-10(15-14-9)13-12(16)11-8(3)4-5-17-11/h4-7H,1-3H3,(H2,13,14,15,16). The normalized spacial score (nSPS) is 10.8. The smallest absolute Gasteiger partial charge is 0.292 e. The van der Waals surface area contributed by atoms with Crippen molar-refractivity contribution in [1.29, 1.82) is 0 Å². The molecule has 5 nitrogen and oxygen atoms in total. The first-order valence-corrected chi connectivity index (χ1v) is 5.48. The Bertz CT molecular complexity index is 525. The topological polar surface area (TPSA) is 70.9 Å². The number of nitrogens with one attached hydrogen (secondary N) is 2. The summed E-state index contributed by atoms with van der Waals surface area (Å²) in [5, 5.41) is 9.58. The highest BCUT2D eigenvalue weighted by Gasteiger charge is 2.14.